The maximum Gasteiger partial charge on any atom is 0.472 e. The molecule has 2 rings (SSSR count). The summed E-state index contributed by atoms with van der Waals surface area (Å²) >= 11 is 10.7. The van der Waals surface area contributed by atoms with E-state index in [2.05, 4.69) is 9.05 Å². The van der Waals surface area contributed by atoms with Crippen LogP contribution < -0.4 is 0 Å². The summed E-state index contributed by atoms with van der Waals surface area (Å²) in [5, 5.41) is -1.59. The van der Waals surface area contributed by atoms with Gasteiger partial charge in [-0.3, -0.25) is 9.05 Å². The molecule has 25 heavy (non-hydrogen) atoms. The van der Waals surface area contributed by atoms with Crippen LogP contribution in [0, 0.1) is 23.3 Å². The van der Waals surface area contributed by atoms with Crippen LogP contribution in [0.15, 0.2) is 24.3 Å². The van der Waals surface area contributed by atoms with Crippen molar-refractivity contribution in [3.8, 4) is 0 Å². The van der Waals surface area contributed by atoms with Gasteiger partial charge in [-0.25, -0.2) is 22.1 Å². The first-order valence-electron chi connectivity index (χ1n) is 6.49. The van der Waals surface area contributed by atoms with Gasteiger partial charge < -0.3 is 4.89 Å². The van der Waals surface area contributed by atoms with Gasteiger partial charge in [0, 0.05) is 11.1 Å². The van der Waals surface area contributed by atoms with Gasteiger partial charge in [-0.05, 0) is 12.1 Å². The van der Waals surface area contributed by atoms with Crippen molar-refractivity contribution in [3.05, 3.63) is 68.7 Å². The molecule has 0 aromatic heterocycles. The average Bonchev–Trinajstić information content (AvgIpc) is 2.56. The van der Waals surface area contributed by atoms with Crippen molar-refractivity contribution in [2.24, 2.45) is 0 Å². The molecule has 0 bridgehead atoms. The van der Waals surface area contributed by atoms with Crippen molar-refractivity contribution in [2.45, 2.75) is 13.2 Å². The molecule has 0 fully saturated rings. The summed E-state index contributed by atoms with van der Waals surface area (Å²) in [6.07, 6.45) is 0. The van der Waals surface area contributed by atoms with Crippen LogP contribution in [-0.2, 0) is 26.8 Å². The van der Waals surface area contributed by atoms with E-state index in [0.717, 1.165) is 24.3 Å². The minimum absolute atomic E-state index is 0.291. The van der Waals surface area contributed by atoms with E-state index in [4.69, 9.17) is 23.2 Å². The van der Waals surface area contributed by atoms with E-state index in [0.29, 0.717) is 0 Å². The number of rotatable bonds is 6. The Morgan fingerprint density at radius 2 is 1.20 bits per heavy atom. The molecule has 0 heterocycles. The highest BCUT2D eigenvalue weighted by molar-refractivity contribution is 7.47. The molecule has 2 aromatic carbocycles. The topological polar surface area (TPSA) is 55.8 Å². The molecular weight excluding hydrogens is 410 g/mol. The predicted molar refractivity (Wildman–Crippen MR) is 82.1 cm³/mol. The Labute approximate surface area is 149 Å². The molecule has 0 aliphatic rings. The number of phosphoric acid groups is 1. The van der Waals surface area contributed by atoms with Gasteiger partial charge in [0.2, 0.25) is 0 Å². The van der Waals surface area contributed by atoms with Crippen LogP contribution in [0.1, 0.15) is 11.1 Å². The minimum Gasteiger partial charge on any atom is -0.302 e. The van der Waals surface area contributed by atoms with Gasteiger partial charge in [0.05, 0.1) is 13.2 Å². The van der Waals surface area contributed by atoms with Crippen molar-refractivity contribution in [3.63, 3.8) is 0 Å². The number of benzene rings is 2. The zero-order valence-corrected chi connectivity index (χ0v) is 14.5. The third-order valence-electron chi connectivity index (χ3n) is 3.00. The molecule has 0 aliphatic carbocycles. The summed E-state index contributed by atoms with van der Waals surface area (Å²) in [6, 6.07) is 3.64. The van der Waals surface area contributed by atoms with Crippen LogP contribution in [0.3, 0.4) is 0 Å². The lowest BCUT2D eigenvalue weighted by atomic mass is 10.2. The van der Waals surface area contributed by atoms with Gasteiger partial charge in [0.25, 0.3) is 0 Å². The fraction of sp³-hybridized carbons (Fsp3) is 0.143. The number of phosphoric ester groups is 1. The highest BCUT2D eigenvalue weighted by Crippen LogP contribution is 2.45. The molecule has 0 radical (unpaired) electrons. The molecule has 0 unspecified atom stereocenters. The Bertz CT molecular complexity index is 785. The van der Waals surface area contributed by atoms with Crippen molar-refractivity contribution < 1.29 is 36.1 Å². The Balaban J connectivity index is 2.02. The molecule has 0 spiro atoms. The van der Waals surface area contributed by atoms with E-state index in [1.165, 1.54) is 0 Å². The van der Waals surface area contributed by atoms with E-state index < -0.39 is 54.4 Å². The fourth-order valence-corrected chi connectivity index (χ4v) is 2.74. The molecule has 136 valence electrons. The van der Waals surface area contributed by atoms with Crippen molar-refractivity contribution in [1.82, 2.24) is 0 Å². The van der Waals surface area contributed by atoms with Crippen molar-refractivity contribution in [2.75, 3.05) is 0 Å². The first-order chi connectivity index (χ1) is 11.6. The molecule has 2 aromatic rings. The van der Waals surface area contributed by atoms with E-state index in [-0.39, 0.29) is 11.1 Å². The van der Waals surface area contributed by atoms with Crippen LogP contribution in [-0.4, -0.2) is 4.89 Å². The normalized spacial score (nSPS) is 11.8. The molecule has 0 amide bonds. The largest absolute Gasteiger partial charge is 0.472 e. The lowest BCUT2D eigenvalue weighted by molar-refractivity contribution is 0.135. The molecule has 1 N–H and O–H groups in total. The van der Waals surface area contributed by atoms with E-state index in [1.807, 2.05) is 0 Å². The van der Waals surface area contributed by atoms with Crippen LogP contribution in [0.2, 0.25) is 10.0 Å². The van der Waals surface area contributed by atoms with Crippen molar-refractivity contribution in [1.29, 1.82) is 0 Å². The van der Waals surface area contributed by atoms with E-state index in [9.17, 15) is 27.0 Å². The minimum atomic E-state index is -4.72. The molecule has 4 nitrogen and oxygen atoms in total. The first-order valence-corrected chi connectivity index (χ1v) is 8.74. The van der Waals surface area contributed by atoms with E-state index in [1.54, 1.807) is 0 Å². The highest BCUT2D eigenvalue weighted by Gasteiger charge is 2.24. The maximum absolute atomic E-state index is 13.7. The van der Waals surface area contributed by atoms with Gasteiger partial charge in [0.15, 0.2) is 0 Å². The van der Waals surface area contributed by atoms with Crippen LogP contribution >= 0.6 is 31.0 Å². The zero-order valence-electron chi connectivity index (χ0n) is 12.1. The SMILES string of the molecule is O=P(O)(OCc1ccc(F)c(Cl)c1F)OCc1ccc(F)c(Cl)c1F. The molecular formula is C14H9Cl2F4O4P. The number of hydrogen-bond acceptors (Lipinski definition) is 3. The summed E-state index contributed by atoms with van der Waals surface area (Å²) in [7, 11) is -4.72. The predicted octanol–water partition coefficient (Wildman–Crippen LogP) is 5.38. The van der Waals surface area contributed by atoms with E-state index >= 15 is 0 Å². The number of hydrogen-bond donors (Lipinski definition) is 1. The lowest BCUT2D eigenvalue weighted by Gasteiger charge is -2.13. The Morgan fingerprint density at radius 3 is 1.56 bits per heavy atom. The second kappa shape index (κ2) is 8.03. The smallest absolute Gasteiger partial charge is 0.302 e. The molecule has 0 atom stereocenters. The zero-order chi connectivity index (χ0) is 18.8. The summed E-state index contributed by atoms with van der Waals surface area (Å²) < 4.78 is 74.2. The second-order valence-corrected chi connectivity index (χ2v) is 6.89. The van der Waals surface area contributed by atoms with Crippen LogP contribution in [0.4, 0.5) is 17.6 Å². The molecule has 0 aliphatic heterocycles. The molecule has 0 saturated carbocycles. The lowest BCUT2D eigenvalue weighted by Crippen LogP contribution is -2.01. The average molecular weight is 419 g/mol. The Kier molecular flexibility index (Phi) is 6.48. The number of halogens is 6. The van der Waals surface area contributed by atoms with Gasteiger partial charge in [-0.15, -0.1) is 0 Å². The molecule has 0 saturated heterocycles. The Morgan fingerprint density at radius 1 is 0.840 bits per heavy atom. The van der Waals surface area contributed by atoms with Crippen molar-refractivity contribution >= 4 is 31.0 Å². The van der Waals surface area contributed by atoms with Gasteiger partial charge >= 0.3 is 7.82 Å². The summed E-state index contributed by atoms with van der Waals surface area (Å²) in [4.78, 5) is 9.52. The van der Waals surface area contributed by atoms with Crippen LogP contribution in [0.25, 0.3) is 0 Å². The van der Waals surface area contributed by atoms with Gasteiger partial charge in [0.1, 0.15) is 33.3 Å². The van der Waals surface area contributed by atoms with Gasteiger partial charge in [-0.1, -0.05) is 35.3 Å². The second-order valence-electron chi connectivity index (χ2n) is 4.68. The summed E-state index contributed by atoms with van der Waals surface area (Å²) in [6.45, 7) is -1.52. The monoisotopic (exact) mass is 418 g/mol. The molecule has 11 heteroatoms. The Hall–Kier alpha value is -1.15. The standard InChI is InChI=1S/C14H9Cl2F4O4P/c15-11-9(17)3-1-7(13(11)19)5-23-25(21,22)24-6-8-2-4-10(18)12(16)14(8)20/h1-4H,5-6H2,(H,21,22). The highest BCUT2D eigenvalue weighted by atomic mass is 35.5. The third-order valence-corrected chi connectivity index (χ3v) is 4.60. The summed E-state index contributed by atoms with van der Waals surface area (Å²) in [5.74, 6) is -4.32. The fourth-order valence-electron chi connectivity index (χ4n) is 1.69. The quantitative estimate of drug-likeness (QED) is 0.388. The summed E-state index contributed by atoms with van der Waals surface area (Å²) in [5.41, 5.74) is -0.583. The third kappa shape index (κ3) is 4.94. The first kappa shape index (κ1) is 20.2. The van der Waals surface area contributed by atoms with Gasteiger partial charge in [-0.2, -0.15) is 0 Å². The van der Waals surface area contributed by atoms with Crippen LogP contribution in [0.5, 0.6) is 0 Å². The maximum atomic E-state index is 13.7.